The lowest BCUT2D eigenvalue weighted by molar-refractivity contribution is -0.148. The van der Waals surface area contributed by atoms with Crippen molar-refractivity contribution in [2.24, 2.45) is 0 Å². The number of aliphatic hydroxyl groups is 1. The van der Waals surface area contributed by atoms with E-state index in [4.69, 9.17) is 19.3 Å². The van der Waals surface area contributed by atoms with Crippen molar-refractivity contribution in [1.82, 2.24) is 0 Å². The molecule has 7 nitrogen and oxygen atoms in total. The molecular formula is C20H23NO6S. The first-order chi connectivity index (χ1) is 13.7. The summed E-state index contributed by atoms with van der Waals surface area (Å²) in [5.74, 6) is -0.333. The molecule has 28 heavy (non-hydrogen) atoms. The second kappa shape index (κ2) is 10.2. The highest BCUT2D eigenvalue weighted by atomic mass is 32.1. The summed E-state index contributed by atoms with van der Waals surface area (Å²) in [4.78, 5) is 13.8. The van der Waals surface area contributed by atoms with Gasteiger partial charge in [-0.3, -0.25) is 4.79 Å². The molecule has 2 aromatic rings. The Bertz CT molecular complexity index is 792. The number of anilines is 1. The average Bonchev–Trinajstić information content (AvgIpc) is 3.24. The Labute approximate surface area is 167 Å². The molecule has 0 saturated carbocycles. The van der Waals surface area contributed by atoms with Crippen LogP contribution in [0.5, 0.6) is 5.75 Å². The van der Waals surface area contributed by atoms with Gasteiger partial charge in [0, 0.05) is 17.2 Å². The van der Waals surface area contributed by atoms with E-state index in [-0.39, 0.29) is 37.2 Å². The molecule has 8 heteroatoms. The first kappa shape index (κ1) is 20.3. The molecule has 3 N–H and O–H groups in total. The number of rotatable bonds is 9. The third kappa shape index (κ3) is 5.56. The van der Waals surface area contributed by atoms with Crippen LogP contribution in [0, 0.1) is 0 Å². The van der Waals surface area contributed by atoms with E-state index in [0.717, 1.165) is 4.88 Å². The zero-order valence-corrected chi connectivity index (χ0v) is 16.1. The molecule has 150 valence electrons. The van der Waals surface area contributed by atoms with Crippen LogP contribution in [0.15, 0.2) is 53.6 Å². The van der Waals surface area contributed by atoms with Crippen LogP contribution in [0.1, 0.15) is 17.2 Å². The van der Waals surface area contributed by atoms with Crippen molar-refractivity contribution in [3.63, 3.8) is 0 Å². The van der Waals surface area contributed by atoms with Gasteiger partial charge >= 0.3 is 0 Å². The summed E-state index contributed by atoms with van der Waals surface area (Å²) in [5, 5.41) is 23.2. The molecule has 0 bridgehead atoms. The largest absolute Gasteiger partial charge is 0.506 e. The predicted molar refractivity (Wildman–Crippen MR) is 105 cm³/mol. The SMILES string of the molecule is O=C(Nc1ccccc1O)C1=C[C@H](c2cccs2)C[C@H](OCCOCCO)O1. The summed E-state index contributed by atoms with van der Waals surface area (Å²) < 4.78 is 16.6. The summed E-state index contributed by atoms with van der Waals surface area (Å²) in [6, 6.07) is 10.5. The third-order valence-corrected chi connectivity index (χ3v) is 5.11. The number of hydrogen-bond acceptors (Lipinski definition) is 7. The number of hydrogen-bond donors (Lipinski definition) is 3. The van der Waals surface area contributed by atoms with Gasteiger partial charge in [-0.25, -0.2) is 0 Å². The molecule has 1 aromatic heterocycles. The Hall–Kier alpha value is -2.39. The van der Waals surface area contributed by atoms with Crippen LogP contribution in [0.4, 0.5) is 5.69 Å². The van der Waals surface area contributed by atoms with E-state index in [2.05, 4.69) is 5.32 Å². The number of allylic oxidation sites excluding steroid dienone is 1. The maximum Gasteiger partial charge on any atom is 0.290 e. The molecule has 1 aliphatic heterocycles. The van der Waals surface area contributed by atoms with Crippen LogP contribution in [0.3, 0.4) is 0 Å². The van der Waals surface area contributed by atoms with Crippen molar-refractivity contribution in [1.29, 1.82) is 0 Å². The fourth-order valence-corrected chi connectivity index (χ4v) is 3.60. The Morgan fingerprint density at radius 2 is 2.07 bits per heavy atom. The number of ether oxygens (including phenoxy) is 3. The van der Waals surface area contributed by atoms with Gasteiger partial charge in [-0.2, -0.15) is 0 Å². The summed E-state index contributed by atoms with van der Waals surface area (Å²) in [6.07, 6.45) is 1.76. The van der Waals surface area contributed by atoms with Gasteiger partial charge in [0.15, 0.2) is 5.76 Å². The van der Waals surface area contributed by atoms with Crippen molar-refractivity contribution in [2.75, 3.05) is 31.7 Å². The van der Waals surface area contributed by atoms with Crippen molar-refractivity contribution in [3.8, 4) is 5.75 Å². The number of nitrogens with one attached hydrogen (secondary N) is 1. The van der Waals surface area contributed by atoms with Gasteiger partial charge < -0.3 is 29.7 Å². The number of para-hydroxylation sites is 2. The van der Waals surface area contributed by atoms with Crippen LogP contribution < -0.4 is 5.32 Å². The van der Waals surface area contributed by atoms with Crippen molar-refractivity contribution < 1.29 is 29.2 Å². The highest BCUT2D eigenvalue weighted by Gasteiger charge is 2.29. The van der Waals surface area contributed by atoms with Gasteiger partial charge in [-0.05, 0) is 29.7 Å². The number of benzene rings is 1. The number of aromatic hydroxyl groups is 1. The quantitative estimate of drug-likeness (QED) is 0.438. The van der Waals surface area contributed by atoms with E-state index >= 15 is 0 Å². The molecule has 0 spiro atoms. The molecule has 2 atom stereocenters. The zero-order chi connectivity index (χ0) is 19.8. The normalized spacial score (nSPS) is 19.0. The molecule has 0 radical (unpaired) electrons. The highest BCUT2D eigenvalue weighted by molar-refractivity contribution is 7.10. The maximum atomic E-state index is 12.7. The topological polar surface area (TPSA) is 97.3 Å². The lowest BCUT2D eigenvalue weighted by atomic mass is 9.99. The van der Waals surface area contributed by atoms with E-state index in [0.29, 0.717) is 18.7 Å². The number of carbonyl (C=O) groups excluding carboxylic acids is 1. The van der Waals surface area contributed by atoms with E-state index in [1.54, 1.807) is 35.6 Å². The van der Waals surface area contributed by atoms with Gasteiger partial charge in [-0.1, -0.05) is 18.2 Å². The minimum absolute atomic E-state index is 0.0118. The van der Waals surface area contributed by atoms with Gasteiger partial charge in [-0.15, -0.1) is 11.3 Å². The van der Waals surface area contributed by atoms with Crippen LogP contribution in [-0.4, -0.2) is 48.8 Å². The van der Waals surface area contributed by atoms with Gasteiger partial charge in [0.05, 0.1) is 32.1 Å². The fourth-order valence-electron chi connectivity index (χ4n) is 2.79. The number of thiophene rings is 1. The lowest BCUT2D eigenvalue weighted by Crippen LogP contribution is -2.30. The van der Waals surface area contributed by atoms with Gasteiger partial charge in [0.2, 0.25) is 6.29 Å². The standard InChI is InChI=1S/C20H23NO6S/c22-7-8-25-9-10-26-19-13-14(18-6-3-11-28-18)12-17(27-19)20(24)21-15-4-1-2-5-16(15)23/h1-6,11-12,14,19,22-23H,7-10,13H2,(H,21,24)/t14-,19+/m0/s1. The Balaban J connectivity index is 1.68. The van der Waals surface area contributed by atoms with Gasteiger partial charge in [0.25, 0.3) is 5.91 Å². The molecule has 0 aliphatic carbocycles. The predicted octanol–water partition coefficient (Wildman–Crippen LogP) is 2.83. The molecule has 0 fully saturated rings. The van der Waals surface area contributed by atoms with E-state index in [1.165, 1.54) is 6.07 Å². The van der Waals surface area contributed by atoms with Crippen molar-refractivity contribution in [2.45, 2.75) is 18.6 Å². The lowest BCUT2D eigenvalue weighted by Gasteiger charge is -2.28. The van der Waals surface area contributed by atoms with Crippen molar-refractivity contribution >= 4 is 22.9 Å². The minimum Gasteiger partial charge on any atom is -0.506 e. The molecule has 1 aliphatic rings. The Morgan fingerprint density at radius 1 is 1.21 bits per heavy atom. The monoisotopic (exact) mass is 405 g/mol. The first-order valence-corrected chi connectivity index (χ1v) is 9.86. The summed E-state index contributed by atoms with van der Waals surface area (Å²) in [6.45, 7) is 0.823. The molecule has 2 heterocycles. The van der Waals surface area contributed by atoms with E-state index in [9.17, 15) is 9.90 Å². The van der Waals surface area contributed by atoms with Gasteiger partial charge in [0.1, 0.15) is 5.75 Å². The van der Waals surface area contributed by atoms with Crippen LogP contribution >= 0.6 is 11.3 Å². The zero-order valence-electron chi connectivity index (χ0n) is 15.2. The van der Waals surface area contributed by atoms with Crippen LogP contribution in [0.25, 0.3) is 0 Å². The maximum absolute atomic E-state index is 12.7. The van der Waals surface area contributed by atoms with E-state index < -0.39 is 12.2 Å². The molecule has 1 amide bonds. The molecule has 0 unspecified atom stereocenters. The average molecular weight is 405 g/mol. The van der Waals surface area contributed by atoms with Crippen LogP contribution in [0.2, 0.25) is 0 Å². The number of phenols is 1. The fraction of sp³-hybridized carbons (Fsp3) is 0.350. The number of carbonyl (C=O) groups is 1. The Morgan fingerprint density at radius 3 is 2.82 bits per heavy atom. The number of aliphatic hydroxyl groups excluding tert-OH is 1. The molecule has 0 saturated heterocycles. The second-order valence-corrected chi connectivity index (χ2v) is 7.09. The number of amides is 1. The second-order valence-electron chi connectivity index (χ2n) is 6.11. The molecule has 3 rings (SSSR count). The van der Waals surface area contributed by atoms with Crippen molar-refractivity contribution in [3.05, 3.63) is 58.5 Å². The minimum atomic E-state index is -0.597. The third-order valence-electron chi connectivity index (χ3n) is 4.11. The molecular weight excluding hydrogens is 382 g/mol. The highest BCUT2D eigenvalue weighted by Crippen LogP contribution is 2.34. The first-order valence-electron chi connectivity index (χ1n) is 8.99. The Kier molecular flexibility index (Phi) is 7.44. The summed E-state index contributed by atoms with van der Waals surface area (Å²) >= 11 is 1.61. The van der Waals surface area contributed by atoms with E-state index in [1.807, 2.05) is 17.5 Å². The summed E-state index contributed by atoms with van der Waals surface area (Å²) in [5.41, 5.74) is 0.310. The summed E-state index contributed by atoms with van der Waals surface area (Å²) in [7, 11) is 0. The smallest absolute Gasteiger partial charge is 0.290 e. The molecule has 1 aromatic carbocycles. The van der Waals surface area contributed by atoms with Crippen LogP contribution in [-0.2, 0) is 19.0 Å². The number of phenolic OH excluding ortho intramolecular Hbond substituents is 1.